The van der Waals surface area contributed by atoms with E-state index < -0.39 is 0 Å². The van der Waals surface area contributed by atoms with Crippen LogP contribution in [-0.4, -0.2) is 30.2 Å². The lowest BCUT2D eigenvalue weighted by atomic mass is 10.1. The number of fused-ring (bicyclic) bond motifs is 1. The molecule has 0 saturated heterocycles. The Kier molecular flexibility index (Phi) is 4.36. The molecule has 110 valence electrons. The van der Waals surface area contributed by atoms with Crippen LogP contribution in [0.15, 0.2) is 28.7 Å². The van der Waals surface area contributed by atoms with Gasteiger partial charge in [0, 0.05) is 28.7 Å². The van der Waals surface area contributed by atoms with Crippen molar-refractivity contribution in [3.8, 4) is 5.88 Å². The van der Waals surface area contributed by atoms with Crippen molar-refractivity contribution < 1.29 is 4.74 Å². The van der Waals surface area contributed by atoms with Crippen molar-refractivity contribution in [3.05, 3.63) is 40.0 Å². The van der Waals surface area contributed by atoms with Crippen LogP contribution in [0.1, 0.15) is 11.3 Å². The topological polar surface area (TPSA) is 59.1 Å². The van der Waals surface area contributed by atoms with Gasteiger partial charge in [0.15, 0.2) is 0 Å². The number of halogens is 1. The predicted octanol–water partition coefficient (Wildman–Crippen LogP) is 2.68. The van der Waals surface area contributed by atoms with Crippen molar-refractivity contribution in [2.75, 3.05) is 25.5 Å². The van der Waals surface area contributed by atoms with Crippen LogP contribution in [-0.2, 0) is 12.8 Å². The largest absolute Gasteiger partial charge is 0.481 e. The molecule has 0 unspecified atom stereocenters. The van der Waals surface area contributed by atoms with Gasteiger partial charge in [-0.15, -0.1) is 0 Å². The first-order chi connectivity index (χ1) is 10.3. The average Bonchev–Trinajstić information content (AvgIpc) is 2.71. The smallest absolute Gasteiger partial charge is 0.230 e. The van der Waals surface area contributed by atoms with E-state index in [0.29, 0.717) is 11.8 Å². The van der Waals surface area contributed by atoms with Gasteiger partial charge in [0.2, 0.25) is 11.8 Å². The first-order valence-corrected chi connectivity index (χ1v) is 7.72. The third-order valence-electron chi connectivity index (χ3n) is 3.42. The predicted molar refractivity (Wildman–Crippen MR) is 86.3 cm³/mol. The Bertz CT molecular complexity index is 648. The van der Waals surface area contributed by atoms with Gasteiger partial charge in [0.1, 0.15) is 0 Å². The second-order valence-electron chi connectivity index (χ2n) is 4.87. The van der Waals surface area contributed by atoms with Crippen LogP contribution in [0.2, 0.25) is 0 Å². The van der Waals surface area contributed by atoms with Crippen LogP contribution < -0.4 is 15.4 Å². The van der Waals surface area contributed by atoms with Gasteiger partial charge in [-0.2, -0.15) is 4.98 Å². The number of methoxy groups -OCH3 is 1. The maximum atomic E-state index is 5.44. The summed E-state index contributed by atoms with van der Waals surface area (Å²) in [5, 5.41) is 6.61. The number of nitrogens with one attached hydrogen (secondary N) is 2. The van der Waals surface area contributed by atoms with Crippen LogP contribution in [0, 0.1) is 0 Å². The molecule has 2 N–H and O–H groups in total. The quantitative estimate of drug-likeness (QED) is 0.892. The molecular weight excluding hydrogens is 332 g/mol. The summed E-state index contributed by atoms with van der Waals surface area (Å²) in [5.41, 5.74) is 3.12. The number of ether oxygens (including phenoxy) is 1. The van der Waals surface area contributed by atoms with E-state index in [1.54, 1.807) is 7.11 Å². The Balaban J connectivity index is 1.94. The van der Waals surface area contributed by atoms with Crippen LogP contribution >= 0.6 is 15.9 Å². The average molecular weight is 349 g/mol. The molecule has 0 aliphatic carbocycles. The van der Waals surface area contributed by atoms with E-state index in [-0.39, 0.29) is 0 Å². The molecule has 5 nitrogen and oxygen atoms in total. The number of aromatic nitrogens is 2. The SMILES string of the molecule is COc1nc(Nc2cccc(Br)c2)nc2c1CCNCC2. The fourth-order valence-corrected chi connectivity index (χ4v) is 2.83. The minimum Gasteiger partial charge on any atom is -0.481 e. The molecule has 0 radical (unpaired) electrons. The fraction of sp³-hybridized carbons (Fsp3) is 0.333. The zero-order valence-electron chi connectivity index (χ0n) is 11.8. The molecule has 0 amide bonds. The Morgan fingerprint density at radius 2 is 2.10 bits per heavy atom. The summed E-state index contributed by atoms with van der Waals surface area (Å²) in [4.78, 5) is 9.13. The molecule has 1 aliphatic heterocycles. The minimum atomic E-state index is 0.575. The van der Waals surface area contributed by atoms with E-state index in [0.717, 1.165) is 47.3 Å². The molecule has 1 aliphatic rings. The van der Waals surface area contributed by atoms with Gasteiger partial charge in [-0.1, -0.05) is 22.0 Å². The summed E-state index contributed by atoms with van der Waals surface area (Å²) in [7, 11) is 1.66. The van der Waals surface area contributed by atoms with Crippen molar-refractivity contribution in [1.29, 1.82) is 0 Å². The highest BCUT2D eigenvalue weighted by atomic mass is 79.9. The first kappa shape index (κ1) is 14.3. The number of rotatable bonds is 3. The van der Waals surface area contributed by atoms with Gasteiger partial charge in [-0.25, -0.2) is 4.98 Å². The number of hydrogen-bond acceptors (Lipinski definition) is 5. The van der Waals surface area contributed by atoms with Crippen molar-refractivity contribution in [1.82, 2.24) is 15.3 Å². The van der Waals surface area contributed by atoms with E-state index >= 15 is 0 Å². The number of hydrogen-bond donors (Lipinski definition) is 2. The normalized spacial score (nSPS) is 14.2. The standard InChI is InChI=1S/C15H17BrN4O/c1-21-14-12-5-7-17-8-6-13(12)19-15(20-14)18-11-4-2-3-10(16)9-11/h2-4,9,17H,5-8H2,1H3,(H,18,19,20). The van der Waals surface area contributed by atoms with E-state index in [1.165, 1.54) is 0 Å². The molecule has 0 bridgehead atoms. The van der Waals surface area contributed by atoms with E-state index in [4.69, 9.17) is 4.74 Å². The van der Waals surface area contributed by atoms with Crippen molar-refractivity contribution in [3.63, 3.8) is 0 Å². The zero-order chi connectivity index (χ0) is 14.7. The van der Waals surface area contributed by atoms with Crippen molar-refractivity contribution in [2.24, 2.45) is 0 Å². The minimum absolute atomic E-state index is 0.575. The number of nitrogens with zero attached hydrogens (tertiary/aromatic N) is 2. The zero-order valence-corrected chi connectivity index (χ0v) is 13.4. The molecule has 21 heavy (non-hydrogen) atoms. The molecule has 1 aromatic carbocycles. The Morgan fingerprint density at radius 1 is 1.24 bits per heavy atom. The molecule has 1 aromatic heterocycles. The van der Waals surface area contributed by atoms with E-state index in [9.17, 15) is 0 Å². The van der Waals surface area contributed by atoms with Gasteiger partial charge < -0.3 is 15.4 Å². The van der Waals surface area contributed by atoms with Gasteiger partial charge in [0.05, 0.1) is 12.8 Å². The molecular formula is C15H17BrN4O. The highest BCUT2D eigenvalue weighted by Crippen LogP contribution is 2.25. The summed E-state index contributed by atoms with van der Waals surface area (Å²) in [5.74, 6) is 1.24. The molecule has 3 rings (SSSR count). The molecule has 2 heterocycles. The van der Waals surface area contributed by atoms with Crippen LogP contribution in [0.4, 0.5) is 11.6 Å². The van der Waals surface area contributed by atoms with Crippen molar-refractivity contribution >= 4 is 27.6 Å². The molecule has 6 heteroatoms. The lowest BCUT2D eigenvalue weighted by Gasteiger charge is -2.13. The summed E-state index contributed by atoms with van der Waals surface area (Å²) in [6, 6.07) is 7.92. The third kappa shape index (κ3) is 3.33. The highest BCUT2D eigenvalue weighted by molar-refractivity contribution is 9.10. The molecule has 2 aromatic rings. The monoisotopic (exact) mass is 348 g/mol. The van der Waals surface area contributed by atoms with E-state index in [1.807, 2.05) is 24.3 Å². The summed E-state index contributed by atoms with van der Waals surface area (Å²) in [6.07, 6.45) is 1.79. The summed E-state index contributed by atoms with van der Waals surface area (Å²) >= 11 is 3.46. The van der Waals surface area contributed by atoms with Crippen molar-refractivity contribution in [2.45, 2.75) is 12.8 Å². The number of benzene rings is 1. The Morgan fingerprint density at radius 3 is 2.90 bits per heavy atom. The summed E-state index contributed by atoms with van der Waals surface area (Å²) < 4.78 is 6.45. The second kappa shape index (κ2) is 6.41. The van der Waals surface area contributed by atoms with Gasteiger partial charge in [-0.3, -0.25) is 0 Å². The fourth-order valence-electron chi connectivity index (χ4n) is 2.43. The second-order valence-corrected chi connectivity index (χ2v) is 5.78. The lowest BCUT2D eigenvalue weighted by Crippen LogP contribution is -2.16. The molecule has 0 fully saturated rings. The number of anilines is 2. The maximum absolute atomic E-state index is 5.44. The maximum Gasteiger partial charge on any atom is 0.230 e. The molecule has 0 saturated carbocycles. The van der Waals surface area contributed by atoms with Gasteiger partial charge in [-0.05, 0) is 31.2 Å². The van der Waals surface area contributed by atoms with Crippen LogP contribution in [0.3, 0.4) is 0 Å². The van der Waals surface area contributed by atoms with Crippen LogP contribution in [0.25, 0.3) is 0 Å². The lowest BCUT2D eigenvalue weighted by molar-refractivity contribution is 0.391. The van der Waals surface area contributed by atoms with Gasteiger partial charge in [0.25, 0.3) is 0 Å². The van der Waals surface area contributed by atoms with Gasteiger partial charge >= 0.3 is 0 Å². The summed E-state index contributed by atoms with van der Waals surface area (Å²) in [6.45, 7) is 1.87. The Labute approximate surface area is 132 Å². The Hall–Kier alpha value is -1.66. The van der Waals surface area contributed by atoms with Crippen LogP contribution in [0.5, 0.6) is 5.88 Å². The van der Waals surface area contributed by atoms with E-state index in [2.05, 4.69) is 36.5 Å². The highest BCUT2D eigenvalue weighted by Gasteiger charge is 2.17. The first-order valence-electron chi connectivity index (χ1n) is 6.93. The third-order valence-corrected chi connectivity index (χ3v) is 3.91. The molecule has 0 atom stereocenters. The molecule has 0 spiro atoms.